The maximum absolute atomic E-state index is 7.20. The van der Waals surface area contributed by atoms with Gasteiger partial charge in [-0.05, 0) is 63.9 Å². The monoisotopic (exact) mass is 574 g/mol. The van der Waals surface area contributed by atoms with E-state index >= 15 is 0 Å². The molecule has 0 bridgehead atoms. The number of hydrogen-bond acceptors (Lipinski definition) is 5. The van der Waals surface area contributed by atoms with Gasteiger partial charge in [0.15, 0.2) is 18.5 Å². The van der Waals surface area contributed by atoms with Gasteiger partial charge in [-0.25, -0.2) is 9.97 Å². The van der Waals surface area contributed by atoms with Crippen LogP contribution in [0.2, 0.25) is 0 Å². The van der Waals surface area contributed by atoms with E-state index in [-0.39, 0.29) is 5.41 Å². The molecule has 0 fully saturated rings. The molecule has 0 aliphatic heterocycles. The predicted molar refractivity (Wildman–Crippen MR) is 179 cm³/mol. The van der Waals surface area contributed by atoms with Crippen LogP contribution in [0.25, 0.3) is 44.8 Å². The standard InChI is InChI=1S/C39H34N4O/c1-39(2)33-11-7-6-10-31(33)32-21-20-30(22-34(32)39)36-23-35(27-14-16-28(17-15-27)37(41)44-24-40)42-38(43-36)29-18-12-26(13-19-29)25-8-4-3-5-9-25/h3-12,14-18,20-24,37,40H,13,19,41H2,1-2H3. The van der Waals surface area contributed by atoms with E-state index in [9.17, 15) is 0 Å². The lowest BCUT2D eigenvalue weighted by molar-refractivity contribution is 0.210. The number of rotatable bonds is 7. The highest BCUT2D eigenvalue weighted by atomic mass is 16.5. The zero-order valence-electron chi connectivity index (χ0n) is 24.9. The van der Waals surface area contributed by atoms with Crippen molar-refractivity contribution in [2.45, 2.75) is 38.3 Å². The highest BCUT2D eigenvalue weighted by molar-refractivity contribution is 5.84. The van der Waals surface area contributed by atoms with E-state index in [1.165, 1.54) is 33.4 Å². The number of aromatic nitrogens is 2. The van der Waals surface area contributed by atoms with Crippen LogP contribution in [0, 0.1) is 5.41 Å². The molecule has 0 radical (unpaired) electrons. The number of ether oxygens (including phenoxy) is 1. The fraction of sp³-hybridized carbons (Fsp3) is 0.154. The van der Waals surface area contributed by atoms with E-state index in [1.807, 2.05) is 24.3 Å². The lowest BCUT2D eigenvalue weighted by Crippen LogP contribution is -2.15. The molecule has 1 unspecified atom stereocenters. The summed E-state index contributed by atoms with van der Waals surface area (Å²) in [6, 6.07) is 35.9. The van der Waals surface area contributed by atoms with Crippen molar-refractivity contribution in [3.8, 4) is 33.6 Å². The number of nitrogens with one attached hydrogen (secondary N) is 1. The molecule has 44 heavy (non-hydrogen) atoms. The Balaban J connectivity index is 1.32. The van der Waals surface area contributed by atoms with Crippen LogP contribution in [-0.4, -0.2) is 16.4 Å². The molecule has 2 aliphatic rings. The molecule has 5 nitrogen and oxygen atoms in total. The normalized spacial score (nSPS) is 15.4. The largest absolute Gasteiger partial charge is 0.462 e. The summed E-state index contributed by atoms with van der Waals surface area (Å²) in [7, 11) is 0. The Morgan fingerprint density at radius 1 is 0.705 bits per heavy atom. The summed E-state index contributed by atoms with van der Waals surface area (Å²) in [6.07, 6.45) is 6.36. The lowest BCUT2D eigenvalue weighted by Gasteiger charge is -2.22. The minimum absolute atomic E-state index is 0.0989. The fourth-order valence-electron chi connectivity index (χ4n) is 6.46. The van der Waals surface area contributed by atoms with Crippen LogP contribution < -0.4 is 5.73 Å². The number of fused-ring (bicyclic) bond motifs is 3. The van der Waals surface area contributed by atoms with Crippen molar-refractivity contribution in [3.05, 3.63) is 143 Å². The van der Waals surface area contributed by atoms with Crippen LogP contribution in [-0.2, 0) is 10.2 Å². The summed E-state index contributed by atoms with van der Waals surface area (Å²) in [6.45, 7) is 4.60. The molecule has 1 atom stereocenters. The first kappa shape index (κ1) is 27.7. The number of nitrogens with two attached hydrogens (primary N) is 1. The van der Waals surface area contributed by atoms with E-state index in [0.717, 1.165) is 58.7 Å². The molecule has 5 heteroatoms. The predicted octanol–water partition coefficient (Wildman–Crippen LogP) is 8.96. The molecule has 4 aromatic carbocycles. The zero-order chi connectivity index (χ0) is 30.3. The quantitative estimate of drug-likeness (QED) is 0.115. The average Bonchev–Trinajstić information content (AvgIpc) is 3.31. The summed E-state index contributed by atoms with van der Waals surface area (Å²) in [5.41, 5.74) is 19.5. The van der Waals surface area contributed by atoms with Crippen molar-refractivity contribution in [2.24, 2.45) is 5.73 Å². The van der Waals surface area contributed by atoms with Gasteiger partial charge in [-0.1, -0.05) is 117 Å². The van der Waals surface area contributed by atoms with Crippen LogP contribution >= 0.6 is 0 Å². The van der Waals surface area contributed by atoms with Gasteiger partial charge in [0, 0.05) is 22.1 Å². The zero-order valence-corrected chi connectivity index (χ0v) is 24.9. The average molecular weight is 575 g/mol. The molecule has 5 aromatic rings. The Labute approximate surface area is 258 Å². The first-order valence-electron chi connectivity index (χ1n) is 15.0. The SMILES string of the molecule is CC1(C)c2ccccc2-c2ccc(-c3cc(-c4ccc(C(N)OC=N)cc4)nc(C4=CC=C(c5ccccc5)CC4)n3)cc21. The summed E-state index contributed by atoms with van der Waals surface area (Å²) >= 11 is 0. The van der Waals surface area contributed by atoms with Gasteiger partial charge < -0.3 is 4.74 Å². The van der Waals surface area contributed by atoms with E-state index in [4.69, 9.17) is 25.8 Å². The molecule has 0 saturated heterocycles. The first-order chi connectivity index (χ1) is 21.4. The van der Waals surface area contributed by atoms with Gasteiger partial charge in [-0.3, -0.25) is 11.1 Å². The number of hydrogen-bond donors (Lipinski definition) is 2. The van der Waals surface area contributed by atoms with E-state index in [1.54, 1.807) is 0 Å². The van der Waals surface area contributed by atoms with Gasteiger partial charge >= 0.3 is 0 Å². The van der Waals surface area contributed by atoms with E-state index in [2.05, 4.69) is 105 Å². The first-order valence-corrected chi connectivity index (χ1v) is 15.0. The van der Waals surface area contributed by atoms with Crippen molar-refractivity contribution < 1.29 is 4.74 Å². The van der Waals surface area contributed by atoms with Crippen LogP contribution in [0.1, 0.15) is 61.0 Å². The molecular formula is C39H34N4O. The van der Waals surface area contributed by atoms with Crippen LogP contribution in [0.5, 0.6) is 0 Å². The molecule has 0 amide bonds. The lowest BCUT2D eigenvalue weighted by atomic mass is 9.82. The summed E-state index contributed by atoms with van der Waals surface area (Å²) in [5, 5.41) is 7.20. The number of benzene rings is 4. The van der Waals surface area contributed by atoms with E-state index < -0.39 is 6.23 Å². The third-order valence-electron chi connectivity index (χ3n) is 8.94. The smallest absolute Gasteiger partial charge is 0.175 e. The van der Waals surface area contributed by atoms with Crippen molar-refractivity contribution >= 4 is 17.5 Å². The van der Waals surface area contributed by atoms with Crippen molar-refractivity contribution in [2.75, 3.05) is 0 Å². The topological polar surface area (TPSA) is 84.9 Å². The Bertz CT molecular complexity index is 1940. The molecule has 3 N–H and O–H groups in total. The molecule has 216 valence electrons. The van der Waals surface area contributed by atoms with Crippen LogP contribution in [0.15, 0.2) is 115 Å². The molecule has 7 rings (SSSR count). The van der Waals surface area contributed by atoms with E-state index in [0.29, 0.717) is 0 Å². The van der Waals surface area contributed by atoms with Crippen LogP contribution in [0.3, 0.4) is 0 Å². The van der Waals surface area contributed by atoms with Gasteiger partial charge in [0.25, 0.3) is 0 Å². The second-order valence-corrected chi connectivity index (χ2v) is 11.9. The highest BCUT2D eigenvalue weighted by Gasteiger charge is 2.35. The van der Waals surface area contributed by atoms with Crippen molar-refractivity contribution in [1.82, 2.24) is 9.97 Å². The second-order valence-electron chi connectivity index (χ2n) is 11.9. The summed E-state index contributed by atoms with van der Waals surface area (Å²) in [5.74, 6) is 0.747. The number of nitrogens with zero attached hydrogens (tertiary/aromatic N) is 2. The minimum Gasteiger partial charge on any atom is -0.462 e. The Hall–Kier alpha value is -5.13. The van der Waals surface area contributed by atoms with Gasteiger partial charge in [-0.2, -0.15) is 0 Å². The van der Waals surface area contributed by atoms with Crippen molar-refractivity contribution in [1.29, 1.82) is 5.41 Å². The van der Waals surface area contributed by atoms with Crippen LogP contribution in [0.4, 0.5) is 0 Å². The van der Waals surface area contributed by atoms with Gasteiger partial charge in [0.2, 0.25) is 0 Å². The summed E-state index contributed by atoms with van der Waals surface area (Å²) < 4.78 is 5.15. The third-order valence-corrected chi connectivity index (χ3v) is 8.94. The molecule has 0 saturated carbocycles. The maximum atomic E-state index is 7.20. The Kier molecular flexibility index (Phi) is 7.03. The third kappa shape index (κ3) is 4.95. The van der Waals surface area contributed by atoms with Gasteiger partial charge in [-0.15, -0.1) is 0 Å². The molecule has 1 aromatic heterocycles. The minimum atomic E-state index is -0.685. The highest BCUT2D eigenvalue weighted by Crippen LogP contribution is 2.49. The summed E-state index contributed by atoms with van der Waals surface area (Å²) in [4.78, 5) is 10.3. The maximum Gasteiger partial charge on any atom is 0.175 e. The molecule has 1 heterocycles. The fourth-order valence-corrected chi connectivity index (χ4v) is 6.46. The number of allylic oxidation sites excluding steroid dienone is 4. The molecule has 0 spiro atoms. The Morgan fingerprint density at radius 2 is 1.34 bits per heavy atom. The van der Waals surface area contributed by atoms with Crippen molar-refractivity contribution in [3.63, 3.8) is 0 Å². The molecular weight excluding hydrogens is 540 g/mol. The van der Waals surface area contributed by atoms with Gasteiger partial charge in [0.05, 0.1) is 11.4 Å². The second kappa shape index (κ2) is 11.2. The Morgan fingerprint density at radius 3 is 2.07 bits per heavy atom. The van der Waals surface area contributed by atoms with Gasteiger partial charge in [0.1, 0.15) is 0 Å². The molecule has 2 aliphatic carbocycles.